The zero-order chi connectivity index (χ0) is 12.0. The highest BCUT2D eigenvalue weighted by Crippen LogP contribution is 2.14. The van der Waals surface area contributed by atoms with E-state index in [2.05, 4.69) is 18.9 Å². The minimum atomic E-state index is 0.287. The van der Waals surface area contributed by atoms with Gasteiger partial charge in [-0.25, -0.2) is 4.68 Å². The van der Waals surface area contributed by atoms with E-state index in [0.717, 1.165) is 6.42 Å². The van der Waals surface area contributed by atoms with Crippen LogP contribution in [0, 0.1) is 17.2 Å². The Morgan fingerprint density at radius 3 is 2.81 bits per heavy atom. The van der Waals surface area contributed by atoms with E-state index in [0.29, 0.717) is 25.0 Å². The fourth-order valence-corrected chi connectivity index (χ4v) is 1.17. The van der Waals surface area contributed by atoms with Gasteiger partial charge in [-0.2, -0.15) is 10.4 Å². The first-order valence-corrected chi connectivity index (χ1v) is 5.26. The fourth-order valence-electron chi connectivity index (χ4n) is 1.17. The summed E-state index contributed by atoms with van der Waals surface area (Å²) in [4.78, 5) is 0. The van der Waals surface area contributed by atoms with Gasteiger partial charge in [0, 0.05) is 6.61 Å². The molecule has 0 radical (unpaired) electrons. The average Bonchev–Trinajstić information content (AvgIpc) is 2.66. The normalized spacial score (nSPS) is 10.4. The van der Waals surface area contributed by atoms with Crippen molar-refractivity contribution in [2.75, 3.05) is 13.7 Å². The van der Waals surface area contributed by atoms with Crippen molar-refractivity contribution in [3.05, 3.63) is 11.9 Å². The second-order valence-corrected chi connectivity index (χ2v) is 3.92. The predicted octanol–water partition coefficient (Wildman–Crippen LogP) is 1.78. The van der Waals surface area contributed by atoms with Crippen LogP contribution in [0.3, 0.4) is 0 Å². The molecule has 0 amide bonds. The molecule has 5 heteroatoms. The molecule has 0 aliphatic carbocycles. The third-order valence-electron chi connectivity index (χ3n) is 2.12. The number of hydrogen-bond acceptors (Lipinski definition) is 4. The smallest absolute Gasteiger partial charge is 0.204 e. The van der Waals surface area contributed by atoms with Gasteiger partial charge in [-0.3, -0.25) is 0 Å². The van der Waals surface area contributed by atoms with E-state index in [1.807, 2.05) is 6.07 Å². The SMILES string of the molecule is COc1cn(COCCC(C)C)nc1C#N. The molecular weight excluding hydrogens is 206 g/mol. The first kappa shape index (κ1) is 12.5. The van der Waals surface area contributed by atoms with Gasteiger partial charge in [0.05, 0.1) is 13.3 Å². The summed E-state index contributed by atoms with van der Waals surface area (Å²) in [6, 6.07) is 1.96. The van der Waals surface area contributed by atoms with Crippen molar-refractivity contribution < 1.29 is 9.47 Å². The Morgan fingerprint density at radius 1 is 1.56 bits per heavy atom. The standard InChI is InChI=1S/C11H17N3O2/c1-9(2)4-5-16-8-14-7-11(15-3)10(6-12)13-14/h7,9H,4-5,8H2,1-3H3. The Bertz CT molecular complexity index is 366. The number of rotatable bonds is 6. The number of nitrogens with zero attached hydrogens (tertiary/aromatic N) is 3. The number of hydrogen-bond donors (Lipinski definition) is 0. The van der Waals surface area contributed by atoms with Crippen LogP contribution in [0.15, 0.2) is 6.20 Å². The minimum absolute atomic E-state index is 0.287. The molecule has 1 aromatic heterocycles. The Balaban J connectivity index is 2.43. The molecular formula is C11H17N3O2. The molecule has 0 aromatic carbocycles. The van der Waals surface area contributed by atoms with Gasteiger partial charge < -0.3 is 9.47 Å². The number of aromatic nitrogens is 2. The van der Waals surface area contributed by atoms with Crippen molar-refractivity contribution in [1.82, 2.24) is 9.78 Å². The van der Waals surface area contributed by atoms with Crippen LogP contribution >= 0.6 is 0 Å². The first-order chi connectivity index (χ1) is 7.67. The van der Waals surface area contributed by atoms with Gasteiger partial charge in [0.2, 0.25) is 5.69 Å². The maximum atomic E-state index is 8.76. The highest BCUT2D eigenvalue weighted by atomic mass is 16.5. The molecule has 1 aromatic rings. The van der Waals surface area contributed by atoms with Crippen LogP contribution in [-0.2, 0) is 11.5 Å². The fraction of sp³-hybridized carbons (Fsp3) is 0.636. The van der Waals surface area contributed by atoms with E-state index in [4.69, 9.17) is 14.7 Å². The maximum absolute atomic E-state index is 8.76. The Labute approximate surface area is 95.6 Å². The molecule has 0 fully saturated rings. The molecule has 1 rings (SSSR count). The molecule has 0 aliphatic heterocycles. The van der Waals surface area contributed by atoms with Crippen molar-refractivity contribution in [3.8, 4) is 11.8 Å². The molecule has 0 atom stereocenters. The van der Waals surface area contributed by atoms with Crippen LogP contribution in [0.25, 0.3) is 0 Å². The maximum Gasteiger partial charge on any atom is 0.204 e. The van der Waals surface area contributed by atoms with Crippen LogP contribution in [-0.4, -0.2) is 23.5 Å². The van der Waals surface area contributed by atoms with Gasteiger partial charge in [0.1, 0.15) is 12.8 Å². The Hall–Kier alpha value is -1.54. The molecule has 5 nitrogen and oxygen atoms in total. The second kappa shape index (κ2) is 6.13. The van der Waals surface area contributed by atoms with Crippen molar-refractivity contribution in [2.24, 2.45) is 5.92 Å². The zero-order valence-electron chi connectivity index (χ0n) is 9.93. The van der Waals surface area contributed by atoms with Crippen LogP contribution < -0.4 is 4.74 Å². The summed E-state index contributed by atoms with van der Waals surface area (Å²) in [6.45, 7) is 5.34. The van der Waals surface area contributed by atoms with Gasteiger partial charge in [-0.05, 0) is 12.3 Å². The monoisotopic (exact) mass is 223 g/mol. The molecule has 1 heterocycles. The van der Waals surface area contributed by atoms with Crippen LogP contribution in [0.2, 0.25) is 0 Å². The molecule has 0 bridgehead atoms. The highest BCUT2D eigenvalue weighted by Gasteiger charge is 2.07. The van der Waals surface area contributed by atoms with Crippen LogP contribution in [0.4, 0.5) is 0 Å². The summed E-state index contributed by atoms with van der Waals surface area (Å²) in [5, 5.41) is 12.8. The first-order valence-electron chi connectivity index (χ1n) is 5.26. The average molecular weight is 223 g/mol. The molecule has 0 N–H and O–H groups in total. The van der Waals surface area contributed by atoms with Gasteiger partial charge in [0.15, 0.2) is 5.75 Å². The third-order valence-corrected chi connectivity index (χ3v) is 2.12. The summed E-state index contributed by atoms with van der Waals surface area (Å²) in [7, 11) is 1.52. The van der Waals surface area contributed by atoms with Gasteiger partial charge in [0.25, 0.3) is 0 Å². The van der Waals surface area contributed by atoms with Crippen LogP contribution in [0.5, 0.6) is 5.75 Å². The van der Waals surface area contributed by atoms with Crippen molar-refractivity contribution in [2.45, 2.75) is 27.0 Å². The topological polar surface area (TPSA) is 60.1 Å². The quantitative estimate of drug-likeness (QED) is 0.690. The lowest BCUT2D eigenvalue weighted by Crippen LogP contribution is -2.06. The second-order valence-electron chi connectivity index (χ2n) is 3.92. The van der Waals surface area contributed by atoms with Crippen molar-refractivity contribution in [1.29, 1.82) is 5.26 Å². The van der Waals surface area contributed by atoms with E-state index in [9.17, 15) is 0 Å². The van der Waals surface area contributed by atoms with Crippen molar-refractivity contribution in [3.63, 3.8) is 0 Å². The lowest BCUT2D eigenvalue weighted by molar-refractivity contribution is 0.0613. The summed E-state index contributed by atoms with van der Waals surface area (Å²) in [6.07, 6.45) is 2.68. The van der Waals surface area contributed by atoms with E-state index < -0.39 is 0 Å². The highest BCUT2D eigenvalue weighted by molar-refractivity contribution is 5.34. The lowest BCUT2D eigenvalue weighted by Gasteiger charge is -2.05. The molecule has 0 unspecified atom stereocenters. The Kier molecular flexibility index (Phi) is 4.80. The van der Waals surface area contributed by atoms with E-state index in [1.165, 1.54) is 7.11 Å². The van der Waals surface area contributed by atoms with E-state index in [-0.39, 0.29) is 5.69 Å². The summed E-state index contributed by atoms with van der Waals surface area (Å²) in [5.74, 6) is 1.11. The van der Waals surface area contributed by atoms with Gasteiger partial charge >= 0.3 is 0 Å². The van der Waals surface area contributed by atoms with Gasteiger partial charge in [-0.15, -0.1) is 0 Å². The van der Waals surface area contributed by atoms with Crippen molar-refractivity contribution >= 4 is 0 Å². The summed E-state index contributed by atoms with van der Waals surface area (Å²) >= 11 is 0. The molecule has 0 saturated carbocycles. The van der Waals surface area contributed by atoms with E-state index in [1.54, 1.807) is 10.9 Å². The number of nitriles is 1. The minimum Gasteiger partial charge on any atom is -0.492 e. The number of methoxy groups -OCH3 is 1. The molecule has 88 valence electrons. The lowest BCUT2D eigenvalue weighted by atomic mass is 10.1. The summed E-state index contributed by atoms with van der Waals surface area (Å²) in [5.41, 5.74) is 0.287. The summed E-state index contributed by atoms with van der Waals surface area (Å²) < 4.78 is 12.0. The largest absolute Gasteiger partial charge is 0.492 e. The van der Waals surface area contributed by atoms with E-state index >= 15 is 0 Å². The molecule has 0 aliphatic rings. The third kappa shape index (κ3) is 3.55. The molecule has 0 saturated heterocycles. The number of ether oxygens (including phenoxy) is 2. The predicted molar refractivity (Wildman–Crippen MR) is 58.9 cm³/mol. The zero-order valence-corrected chi connectivity index (χ0v) is 9.93. The van der Waals surface area contributed by atoms with Crippen LogP contribution in [0.1, 0.15) is 26.0 Å². The van der Waals surface area contributed by atoms with Gasteiger partial charge in [-0.1, -0.05) is 13.8 Å². The molecule has 0 spiro atoms. The molecule has 16 heavy (non-hydrogen) atoms. The Morgan fingerprint density at radius 2 is 2.31 bits per heavy atom.